The maximum absolute atomic E-state index is 5.40. The van der Waals surface area contributed by atoms with Gasteiger partial charge in [0.2, 0.25) is 11.9 Å². The van der Waals surface area contributed by atoms with Gasteiger partial charge in [0, 0.05) is 0 Å². The molecule has 7 nitrogen and oxygen atoms in total. The Morgan fingerprint density at radius 2 is 2.29 bits per heavy atom. The Bertz CT molecular complexity index is 435. The van der Waals surface area contributed by atoms with Crippen LogP contribution in [-0.4, -0.2) is 25.1 Å². The average molecular weight is 191 g/mol. The van der Waals surface area contributed by atoms with Crippen LogP contribution in [0.1, 0.15) is 5.69 Å². The molecule has 0 aliphatic rings. The monoisotopic (exact) mass is 191 g/mol. The Kier molecular flexibility index (Phi) is 1.98. The van der Waals surface area contributed by atoms with Crippen molar-refractivity contribution in [1.82, 2.24) is 25.1 Å². The number of nitrogens with two attached hydrogens (primary N) is 1. The first-order valence-corrected chi connectivity index (χ1v) is 3.97. The summed E-state index contributed by atoms with van der Waals surface area (Å²) in [4.78, 5) is 11.5. The third-order valence-electron chi connectivity index (χ3n) is 1.67. The van der Waals surface area contributed by atoms with Crippen molar-refractivity contribution in [2.75, 3.05) is 11.1 Å². The second-order valence-corrected chi connectivity index (χ2v) is 2.70. The normalized spacial score (nSPS) is 10.1. The first-order valence-electron chi connectivity index (χ1n) is 3.97. The molecule has 2 aromatic rings. The minimum absolute atomic E-state index is 0.184. The summed E-state index contributed by atoms with van der Waals surface area (Å²) in [6, 6.07) is 0. The smallest absolute Gasteiger partial charge is 0.232 e. The summed E-state index contributed by atoms with van der Waals surface area (Å²) >= 11 is 0. The summed E-state index contributed by atoms with van der Waals surface area (Å²) in [6.45, 7) is 1.89. The molecular formula is C7H9N7. The van der Waals surface area contributed by atoms with Gasteiger partial charge in [-0.1, -0.05) is 0 Å². The second-order valence-electron chi connectivity index (χ2n) is 2.70. The fraction of sp³-hybridized carbons (Fsp3) is 0.143. The van der Waals surface area contributed by atoms with Gasteiger partial charge >= 0.3 is 0 Å². The molecule has 0 radical (unpaired) electrons. The van der Waals surface area contributed by atoms with Gasteiger partial charge in [-0.05, 0) is 6.92 Å². The Morgan fingerprint density at radius 1 is 1.43 bits per heavy atom. The van der Waals surface area contributed by atoms with Gasteiger partial charge in [-0.15, -0.1) is 0 Å². The highest BCUT2D eigenvalue weighted by Crippen LogP contribution is 2.14. The minimum Gasteiger partial charge on any atom is -0.368 e. The van der Waals surface area contributed by atoms with Crippen LogP contribution >= 0.6 is 0 Å². The molecule has 0 unspecified atom stereocenters. The molecule has 2 rings (SSSR count). The predicted molar refractivity (Wildman–Crippen MR) is 50.8 cm³/mol. The summed E-state index contributed by atoms with van der Waals surface area (Å²) in [7, 11) is 0. The van der Waals surface area contributed by atoms with E-state index in [9.17, 15) is 0 Å². The lowest BCUT2D eigenvalue weighted by molar-refractivity contribution is 1.04. The van der Waals surface area contributed by atoms with E-state index in [-0.39, 0.29) is 5.95 Å². The van der Waals surface area contributed by atoms with Gasteiger partial charge in [-0.25, -0.2) is 9.97 Å². The number of H-pyrrole nitrogens is 1. The maximum atomic E-state index is 5.40. The van der Waals surface area contributed by atoms with Crippen molar-refractivity contribution >= 4 is 17.6 Å². The second kappa shape index (κ2) is 3.29. The van der Waals surface area contributed by atoms with Crippen molar-refractivity contribution in [3.63, 3.8) is 0 Å². The molecule has 0 bridgehead atoms. The van der Waals surface area contributed by atoms with Gasteiger partial charge in [-0.3, -0.25) is 5.10 Å². The first-order chi connectivity index (χ1) is 6.75. The molecule has 0 fully saturated rings. The number of hydrogen-bond acceptors (Lipinski definition) is 6. The largest absolute Gasteiger partial charge is 0.368 e. The quantitative estimate of drug-likeness (QED) is 0.627. The van der Waals surface area contributed by atoms with E-state index in [0.29, 0.717) is 5.95 Å². The Balaban J connectivity index is 2.23. The van der Waals surface area contributed by atoms with E-state index in [4.69, 9.17) is 5.73 Å². The van der Waals surface area contributed by atoms with Crippen LogP contribution in [0.2, 0.25) is 0 Å². The van der Waals surface area contributed by atoms with E-state index in [1.807, 2.05) is 6.92 Å². The summed E-state index contributed by atoms with van der Waals surface area (Å²) in [6.07, 6.45) is 3.00. The topological polar surface area (TPSA) is 105 Å². The molecule has 0 aromatic carbocycles. The number of nitrogens with one attached hydrogen (secondary N) is 2. The lowest BCUT2D eigenvalue weighted by atomic mass is 10.4. The minimum atomic E-state index is 0.184. The fourth-order valence-electron chi connectivity index (χ4n) is 0.966. The van der Waals surface area contributed by atoms with Crippen LogP contribution in [0.3, 0.4) is 0 Å². The highest BCUT2D eigenvalue weighted by molar-refractivity contribution is 5.54. The maximum Gasteiger partial charge on any atom is 0.232 e. The number of hydrogen-bond donors (Lipinski definition) is 3. The molecule has 2 heterocycles. The molecule has 2 aromatic heterocycles. The van der Waals surface area contributed by atoms with Crippen LogP contribution in [-0.2, 0) is 0 Å². The zero-order valence-corrected chi connectivity index (χ0v) is 7.52. The van der Waals surface area contributed by atoms with E-state index in [1.165, 1.54) is 6.33 Å². The summed E-state index contributed by atoms with van der Waals surface area (Å²) in [5.41, 5.74) is 7.12. The van der Waals surface area contributed by atoms with Gasteiger partial charge in [-0.2, -0.15) is 10.1 Å². The van der Waals surface area contributed by atoms with Crippen LogP contribution in [0.4, 0.5) is 17.6 Å². The van der Waals surface area contributed by atoms with E-state index in [2.05, 4.69) is 30.5 Å². The molecule has 0 saturated carbocycles. The Hall–Kier alpha value is -2.18. The fourth-order valence-corrected chi connectivity index (χ4v) is 0.966. The van der Waals surface area contributed by atoms with Gasteiger partial charge in [0.05, 0.1) is 17.6 Å². The highest BCUT2D eigenvalue weighted by atomic mass is 15.2. The first kappa shape index (κ1) is 8.42. The van der Waals surface area contributed by atoms with E-state index in [0.717, 1.165) is 11.4 Å². The van der Waals surface area contributed by atoms with Crippen LogP contribution in [0, 0.1) is 6.92 Å². The number of nitrogen functional groups attached to an aromatic ring is 1. The van der Waals surface area contributed by atoms with Crippen molar-refractivity contribution in [1.29, 1.82) is 0 Å². The van der Waals surface area contributed by atoms with Crippen LogP contribution in [0.15, 0.2) is 12.5 Å². The zero-order valence-electron chi connectivity index (χ0n) is 7.52. The molecule has 0 saturated heterocycles. The molecule has 0 amide bonds. The predicted octanol–water partition coefficient (Wildman–Crippen LogP) is 0.229. The summed E-state index contributed by atoms with van der Waals surface area (Å²) in [5, 5.41) is 9.60. The molecule has 0 aliphatic carbocycles. The molecule has 7 heteroatoms. The third-order valence-corrected chi connectivity index (χ3v) is 1.67. The van der Waals surface area contributed by atoms with Crippen molar-refractivity contribution in [2.45, 2.75) is 6.92 Å². The molecule has 14 heavy (non-hydrogen) atoms. The van der Waals surface area contributed by atoms with E-state index in [1.54, 1.807) is 6.20 Å². The van der Waals surface area contributed by atoms with E-state index >= 15 is 0 Å². The Morgan fingerprint density at radius 3 is 2.93 bits per heavy atom. The number of rotatable bonds is 2. The molecule has 4 N–H and O–H groups in total. The molecule has 72 valence electrons. The number of aromatic nitrogens is 5. The van der Waals surface area contributed by atoms with Crippen molar-refractivity contribution in [3.8, 4) is 0 Å². The average Bonchev–Trinajstić information content (AvgIpc) is 2.52. The molecule has 0 atom stereocenters. The molecular weight excluding hydrogens is 182 g/mol. The number of aryl methyl sites for hydroxylation is 1. The van der Waals surface area contributed by atoms with Gasteiger partial charge < -0.3 is 11.1 Å². The zero-order chi connectivity index (χ0) is 9.97. The standard InChI is InChI=1S/C7H9N7/c1-4-5(2-11-14-4)12-7-10-3-9-6(8)13-7/h2-3H,1H3,(H,11,14)(H3,8,9,10,12,13). The third kappa shape index (κ3) is 1.60. The van der Waals surface area contributed by atoms with Crippen LogP contribution < -0.4 is 11.1 Å². The van der Waals surface area contributed by atoms with Gasteiger partial charge in [0.15, 0.2) is 0 Å². The molecule has 0 aliphatic heterocycles. The van der Waals surface area contributed by atoms with Gasteiger partial charge in [0.25, 0.3) is 0 Å². The van der Waals surface area contributed by atoms with Gasteiger partial charge in [0.1, 0.15) is 6.33 Å². The van der Waals surface area contributed by atoms with Crippen molar-refractivity contribution in [3.05, 3.63) is 18.2 Å². The summed E-state index contributed by atoms with van der Waals surface area (Å²) in [5.74, 6) is 0.589. The Labute approximate surface area is 79.8 Å². The number of nitrogens with zero attached hydrogens (tertiary/aromatic N) is 4. The lowest BCUT2D eigenvalue weighted by Crippen LogP contribution is -2.01. The number of aromatic amines is 1. The lowest BCUT2D eigenvalue weighted by Gasteiger charge is -2.01. The van der Waals surface area contributed by atoms with Crippen LogP contribution in [0.5, 0.6) is 0 Å². The van der Waals surface area contributed by atoms with E-state index < -0.39 is 0 Å². The highest BCUT2D eigenvalue weighted by Gasteiger charge is 2.02. The molecule has 0 spiro atoms. The summed E-state index contributed by atoms with van der Waals surface area (Å²) < 4.78 is 0. The van der Waals surface area contributed by atoms with Crippen LogP contribution in [0.25, 0.3) is 0 Å². The number of anilines is 3. The van der Waals surface area contributed by atoms with Crippen molar-refractivity contribution < 1.29 is 0 Å². The SMILES string of the molecule is Cc1[nH]ncc1Nc1ncnc(N)n1. The van der Waals surface area contributed by atoms with Crippen molar-refractivity contribution in [2.24, 2.45) is 0 Å².